The molecule has 1 atom stereocenters. The molecular weight excluding hydrogens is 268 g/mol. The van der Waals surface area contributed by atoms with Gasteiger partial charge in [0, 0.05) is 0 Å². The van der Waals surface area contributed by atoms with Crippen LogP contribution >= 0.6 is 11.3 Å². The molecule has 0 radical (unpaired) electrons. The fourth-order valence-electron chi connectivity index (χ4n) is 2.22. The Morgan fingerprint density at radius 2 is 1.90 bits per heavy atom. The standard InChI is InChI=1S/C16H16N2OS/c1-17-14(10-11-6-8-12(19)9-7-11)16-18-13-4-2-3-5-15(13)20-16/h2-9,14,17,19H,10H2,1H3. The number of aromatic nitrogens is 1. The van der Waals surface area contributed by atoms with Gasteiger partial charge >= 0.3 is 0 Å². The average Bonchev–Trinajstić information content (AvgIpc) is 2.90. The highest BCUT2D eigenvalue weighted by atomic mass is 32.1. The second kappa shape index (κ2) is 5.61. The average molecular weight is 284 g/mol. The number of benzene rings is 2. The molecule has 0 fully saturated rings. The van der Waals surface area contributed by atoms with E-state index in [1.807, 2.05) is 37.4 Å². The minimum Gasteiger partial charge on any atom is -0.508 e. The van der Waals surface area contributed by atoms with E-state index in [1.54, 1.807) is 23.5 Å². The molecule has 1 unspecified atom stereocenters. The molecule has 3 nitrogen and oxygen atoms in total. The first kappa shape index (κ1) is 13.1. The van der Waals surface area contributed by atoms with Gasteiger partial charge in [-0.3, -0.25) is 0 Å². The van der Waals surface area contributed by atoms with Crippen molar-refractivity contribution in [3.8, 4) is 5.75 Å². The van der Waals surface area contributed by atoms with Crippen LogP contribution in [-0.4, -0.2) is 17.1 Å². The lowest BCUT2D eigenvalue weighted by molar-refractivity contribution is 0.475. The van der Waals surface area contributed by atoms with E-state index in [0.717, 1.165) is 16.9 Å². The van der Waals surface area contributed by atoms with Crippen LogP contribution in [0.3, 0.4) is 0 Å². The number of nitrogens with one attached hydrogen (secondary N) is 1. The molecule has 2 aromatic carbocycles. The van der Waals surface area contributed by atoms with E-state index < -0.39 is 0 Å². The molecule has 0 aliphatic rings. The van der Waals surface area contributed by atoms with Gasteiger partial charge in [-0.15, -0.1) is 11.3 Å². The number of nitrogens with zero attached hydrogens (tertiary/aromatic N) is 1. The minimum absolute atomic E-state index is 0.192. The smallest absolute Gasteiger partial charge is 0.115 e. The monoisotopic (exact) mass is 284 g/mol. The van der Waals surface area contributed by atoms with E-state index in [0.29, 0.717) is 5.75 Å². The summed E-state index contributed by atoms with van der Waals surface area (Å²) in [5.41, 5.74) is 2.24. The Balaban J connectivity index is 1.87. The van der Waals surface area contributed by atoms with Crippen molar-refractivity contribution in [1.82, 2.24) is 10.3 Å². The van der Waals surface area contributed by atoms with Crippen molar-refractivity contribution >= 4 is 21.6 Å². The summed E-state index contributed by atoms with van der Waals surface area (Å²) in [4.78, 5) is 4.70. The van der Waals surface area contributed by atoms with E-state index in [1.165, 1.54) is 10.3 Å². The van der Waals surface area contributed by atoms with Crippen molar-refractivity contribution < 1.29 is 5.11 Å². The minimum atomic E-state index is 0.192. The van der Waals surface area contributed by atoms with Gasteiger partial charge in [-0.2, -0.15) is 0 Å². The molecule has 0 aliphatic heterocycles. The zero-order valence-electron chi connectivity index (χ0n) is 11.2. The summed E-state index contributed by atoms with van der Waals surface area (Å²) in [6.07, 6.45) is 0.858. The zero-order valence-corrected chi connectivity index (χ0v) is 12.0. The molecule has 0 bridgehead atoms. The molecule has 4 heteroatoms. The highest BCUT2D eigenvalue weighted by molar-refractivity contribution is 7.18. The number of fused-ring (bicyclic) bond motifs is 1. The molecule has 20 heavy (non-hydrogen) atoms. The van der Waals surface area contributed by atoms with E-state index in [9.17, 15) is 5.11 Å². The number of para-hydroxylation sites is 1. The topological polar surface area (TPSA) is 45.1 Å². The number of rotatable bonds is 4. The van der Waals surface area contributed by atoms with Gasteiger partial charge in [-0.1, -0.05) is 24.3 Å². The summed E-state index contributed by atoms with van der Waals surface area (Å²) >= 11 is 1.73. The number of hydrogen-bond donors (Lipinski definition) is 2. The van der Waals surface area contributed by atoms with Crippen LogP contribution in [0.25, 0.3) is 10.2 Å². The number of phenols is 1. The van der Waals surface area contributed by atoms with Crippen molar-refractivity contribution in [2.24, 2.45) is 0 Å². The van der Waals surface area contributed by atoms with Gasteiger partial charge < -0.3 is 10.4 Å². The van der Waals surface area contributed by atoms with Crippen LogP contribution in [0.2, 0.25) is 0 Å². The number of hydrogen-bond acceptors (Lipinski definition) is 4. The Morgan fingerprint density at radius 1 is 1.15 bits per heavy atom. The lowest BCUT2D eigenvalue weighted by Gasteiger charge is -2.13. The lowest BCUT2D eigenvalue weighted by atomic mass is 10.1. The van der Waals surface area contributed by atoms with Gasteiger partial charge in [-0.05, 0) is 43.3 Å². The van der Waals surface area contributed by atoms with E-state index >= 15 is 0 Å². The van der Waals surface area contributed by atoms with Crippen molar-refractivity contribution in [3.63, 3.8) is 0 Å². The molecule has 0 aliphatic carbocycles. The summed E-state index contributed by atoms with van der Waals surface area (Å²) in [6, 6.07) is 15.7. The van der Waals surface area contributed by atoms with Crippen molar-refractivity contribution in [2.75, 3.05) is 7.05 Å². The van der Waals surface area contributed by atoms with Gasteiger partial charge in [-0.25, -0.2) is 4.98 Å². The Hall–Kier alpha value is -1.91. The fraction of sp³-hybridized carbons (Fsp3) is 0.188. The second-order valence-corrected chi connectivity index (χ2v) is 5.79. The van der Waals surface area contributed by atoms with Crippen LogP contribution in [0.1, 0.15) is 16.6 Å². The number of likely N-dealkylation sites (N-methyl/N-ethyl adjacent to an activating group) is 1. The highest BCUT2D eigenvalue weighted by Crippen LogP contribution is 2.28. The second-order valence-electron chi connectivity index (χ2n) is 4.73. The van der Waals surface area contributed by atoms with Crippen LogP contribution in [0.5, 0.6) is 5.75 Å². The number of aromatic hydroxyl groups is 1. The molecule has 0 saturated heterocycles. The Bertz CT molecular complexity index is 673. The third kappa shape index (κ3) is 2.66. The van der Waals surface area contributed by atoms with Crippen molar-refractivity contribution in [3.05, 3.63) is 59.1 Å². The SMILES string of the molecule is CNC(Cc1ccc(O)cc1)c1nc2ccccc2s1. The molecule has 1 aromatic heterocycles. The van der Waals surface area contributed by atoms with Gasteiger partial charge in [0.1, 0.15) is 10.8 Å². The summed E-state index contributed by atoms with van der Waals surface area (Å²) < 4.78 is 1.22. The van der Waals surface area contributed by atoms with E-state index in [-0.39, 0.29) is 6.04 Å². The first-order valence-electron chi connectivity index (χ1n) is 6.57. The molecule has 0 amide bonds. The van der Waals surface area contributed by atoms with Gasteiger partial charge in [0.15, 0.2) is 0 Å². The summed E-state index contributed by atoms with van der Waals surface area (Å²) in [5.74, 6) is 0.301. The van der Waals surface area contributed by atoms with Crippen LogP contribution in [-0.2, 0) is 6.42 Å². The molecule has 102 valence electrons. The van der Waals surface area contributed by atoms with E-state index in [4.69, 9.17) is 4.98 Å². The Kier molecular flexibility index (Phi) is 3.67. The number of phenolic OH excluding ortho intramolecular Hbond substituents is 1. The predicted molar refractivity (Wildman–Crippen MR) is 83.2 cm³/mol. The largest absolute Gasteiger partial charge is 0.508 e. The molecule has 2 N–H and O–H groups in total. The maximum Gasteiger partial charge on any atom is 0.115 e. The molecule has 1 heterocycles. The molecular formula is C16H16N2OS. The lowest BCUT2D eigenvalue weighted by Crippen LogP contribution is -2.18. The summed E-state index contributed by atoms with van der Waals surface area (Å²) in [5, 5.41) is 13.8. The third-order valence-corrected chi connectivity index (χ3v) is 4.48. The van der Waals surface area contributed by atoms with Crippen LogP contribution in [0, 0.1) is 0 Å². The first-order chi connectivity index (χ1) is 9.76. The van der Waals surface area contributed by atoms with Crippen LogP contribution in [0.15, 0.2) is 48.5 Å². The molecule has 0 saturated carbocycles. The van der Waals surface area contributed by atoms with Gasteiger partial charge in [0.25, 0.3) is 0 Å². The van der Waals surface area contributed by atoms with Crippen molar-refractivity contribution in [2.45, 2.75) is 12.5 Å². The third-order valence-electron chi connectivity index (χ3n) is 3.33. The highest BCUT2D eigenvalue weighted by Gasteiger charge is 2.15. The van der Waals surface area contributed by atoms with E-state index in [2.05, 4.69) is 11.4 Å². The zero-order chi connectivity index (χ0) is 13.9. The molecule has 3 rings (SSSR count). The van der Waals surface area contributed by atoms with Crippen molar-refractivity contribution in [1.29, 1.82) is 0 Å². The normalized spacial score (nSPS) is 12.7. The van der Waals surface area contributed by atoms with Crippen LogP contribution < -0.4 is 5.32 Å². The number of thiazole rings is 1. The van der Waals surface area contributed by atoms with Gasteiger partial charge in [0.2, 0.25) is 0 Å². The maximum atomic E-state index is 9.33. The maximum absolute atomic E-state index is 9.33. The summed E-state index contributed by atoms with van der Waals surface area (Å²) in [7, 11) is 1.96. The molecule has 0 spiro atoms. The van der Waals surface area contributed by atoms with Gasteiger partial charge in [0.05, 0.1) is 16.3 Å². The Labute approximate surface area is 121 Å². The fourth-order valence-corrected chi connectivity index (χ4v) is 3.30. The predicted octanol–water partition coefficient (Wildman–Crippen LogP) is 3.51. The Morgan fingerprint density at radius 3 is 2.60 bits per heavy atom. The van der Waals surface area contributed by atoms with Crippen LogP contribution in [0.4, 0.5) is 0 Å². The first-order valence-corrected chi connectivity index (χ1v) is 7.38. The molecule has 3 aromatic rings. The summed E-state index contributed by atoms with van der Waals surface area (Å²) in [6.45, 7) is 0. The quantitative estimate of drug-likeness (QED) is 0.770.